The highest BCUT2D eigenvalue weighted by atomic mass is 19.4. The number of rotatable bonds is 4. The largest absolute Gasteiger partial charge is 0.416 e. The van der Waals surface area contributed by atoms with E-state index < -0.39 is 17.3 Å². The van der Waals surface area contributed by atoms with Gasteiger partial charge in [0, 0.05) is 7.11 Å². The van der Waals surface area contributed by atoms with E-state index in [0.29, 0.717) is 6.42 Å². The van der Waals surface area contributed by atoms with E-state index in [1.165, 1.54) is 19.2 Å². The average Bonchev–Trinajstić information content (AvgIpc) is 2.28. The van der Waals surface area contributed by atoms with Crippen LogP contribution in [0.25, 0.3) is 0 Å². The summed E-state index contributed by atoms with van der Waals surface area (Å²) in [5, 5.41) is 0. The van der Waals surface area contributed by atoms with Crippen molar-refractivity contribution in [2.24, 2.45) is 5.73 Å². The van der Waals surface area contributed by atoms with Crippen molar-refractivity contribution in [3.05, 3.63) is 35.4 Å². The molecule has 0 amide bonds. The minimum absolute atomic E-state index is 0.0522. The third-order valence-electron chi connectivity index (χ3n) is 2.80. The molecule has 1 aromatic carbocycles. The van der Waals surface area contributed by atoms with Gasteiger partial charge in [-0.25, -0.2) is 0 Å². The normalized spacial score (nSPS) is 15.6. The molecule has 0 fully saturated rings. The van der Waals surface area contributed by atoms with Gasteiger partial charge in [0.05, 0.1) is 17.7 Å². The molecule has 2 N–H and O–H groups in total. The molecule has 0 aliphatic carbocycles. The number of benzene rings is 1. The number of hydrogen-bond acceptors (Lipinski definition) is 2. The second-order valence-electron chi connectivity index (χ2n) is 3.99. The van der Waals surface area contributed by atoms with E-state index in [-0.39, 0.29) is 12.2 Å². The molecular weight excluding hydrogens is 231 g/mol. The van der Waals surface area contributed by atoms with E-state index in [0.717, 1.165) is 6.07 Å². The lowest BCUT2D eigenvalue weighted by Crippen LogP contribution is -2.42. The Hall–Kier alpha value is -1.07. The van der Waals surface area contributed by atoms with Crippen LogP contribution in [0.3, 0.4) is 0 Å². The molecule has 96 valence electrons. The van der Waals surface area contributed by atoms with Crippen molar-refractivity contribution in [1.82, 2.24) is 0 Å². The highest BCUT2D eigenvalue weighted by molar-refractivity contribution is 5.35. The van der Waals surface area contributed by atoms with Crippen LogP contribution in [0, 0.1) is 0 Å². The Bertz CT molecular complexity index is 378. The Morgan fingerprint density at radius 3 is 2.12 bits per heavy atom. The van der Waals surface area contributed by atoms with Gasteiger partial charge in [-0.15, -0.1) is 0 Å². The van der Waals surface area contributed by atoms with Crippen LogP contribution in [0.4, 0.5) is 13.2 Å². The summed E-state index contributed by atoms with van der Waals surface area (Å²) in [4.78, 5) is 0. The Balaban J connectivity index is 3.29. The van der Waals surface area contributed by atoms with Gasteiger partial charge in [-0.2, -0.15) is 13.2 Å². The van der Waals surface area contributed by atoms with Crippen LogP contribution in [-0.4, -0.2) is 13.7 Å². The maximum Gasteiger partial charge on any atom is 0.416 e. The van der Waals surface area contributed by atoms with Crippen LogP contribution >= 0.6 is 0 Å². The number of methoxy groups -OCH3 is 1. The predicted molar refractivity (Wildman–Crippen MR) is 59.5 cm³/mol. The number of alkyl halides is 3. The first-order chi connectivity index (χ1) is 7.85. The Kier molecular flexibility index (Phi) is 4.16. The summed E-state index contributed by atoms with van der Waals surface area (Å²) in [6.07, 6.45) is -4.03. The quantitative estimate of drug-likeness (QED) is 0.887. The van der Waals surface area contributed by atoms with Crippen LogP contribution in [0.5, 0.6) is 0 Å². The summed E-state index contributed by atoms with van der Waals surface area (Å²) in [5.41, 5.74) is 4.28. The number of nitrogens with two attached hydrogens (primary N) is 1. The summed E-state index contributed by atoms with van der Waals surface area (Å²) in [7, 11) is 1.42. The third-order valence-corrected chi connectivity index (χ3v) is 2.80. The lowest BCUT2D eigenvalue weighted by molar-refractivity contribution is -0.139. The zero-order valence-electron chi connectivity index (χ0n) is 9.84. The molecule has 0 heterocycles. The van der Waals surface area contributed by atoms with Gasteiger partial charge < -0.3 is 10.5 Å². The standard InChI is InChI=1S/C12H16F3NO/c1-3-11(16,8-17-2)9-6-4-5-7-10(9)12(13,14)15/h4-7H,3,8,16H2,1-2H3. The Morgan fingerprint density at radius 2 is 1.71 bits per heavy atom. The van der Waals surface area contributed by atoms with Crippen LogP contribution in [0.2, 0.25) is 0 Å². The first kappa shape index (κ1) is 14.0. The Morgan fingerprint density at radius 1 is 1.18 bits per heavy atom. The molecule has 5 heteroatoms. The fraction of sp³-hybridized carbons (Fsp3) is 0.500. The maximum atomic E-state index is 12.9. The number of hydrogen-bond donors (Lipinski definition) is 1. The van der Waals surface area contributed by atoms with Gasteiger partial charge in [-0.3, -0.25) is 0 Å². The predicted octanol–water partition coefficient (Wildman–Crippen LogP) is 2.92. The minimum Gasteiger partial charge on any atom is -0.382 e. The van der Waals surface area contributed by atoms with Crippen molar-refractivity contribution in [3.63, 3.8) is 0 Å². The number of ether oxygens (including phenoxy) is 1. The van der Waals surface area contributed by atoms with Crippen LogP contribution in [-0.2, 0) is 16.5 Å². The summed E-state index contributed by atoms with van der Waals surface area (Å²) in [6.45, 7) is 1.79. The van der Waals surface area contributed by atoms with E-state index in [2.05, 4.69) is 0 Å². The zero-order chi connectivity index (χ0) is 13.1. The van der Waals surface area contributed by atoms with E-state index in [4.69, 9.17) is 10.5 Å². The minimum atomic E-state index is -4.40. The number of halogens is 3. The van der Waals surface area contributed by atoms with Crippen molar-refractivity contribution in [1.29, 1.82) is 0 Å². The van der Waals surface area contributed by atoms with Crippen LogP contribution < -0.4 is 5.73 Å². The fourth-order valence-electron chi connectivity index (χ4n) is 1.79. The van der Waals surface area contributed by atoms with Crippen molar-refractivity contribution in [3.8, 4) is 0 Å². The molecule has 0 saturated carbocycles. The van der Waals surface area contributed by atoms with Crippen molar-refractivity contribution >= 4 is 0 Å². The van der Waals surface area contributed by atoms with Gasteiger partial charge in [-0.1, -0.05) is 25.1 Å². The summed E-state index contributed by atoms with van der Waals surface area (Å²) < 4.78 is 43.5. The van der Waals surface area contributed by atoms with Gasteiger partial charge >= 0.3 is 6.18 Å². The SMILES string of the molecule is CCC(N)(COC)c1ccccc1C(F)(F)F. The maximum absolute atomic E-state index is 12.9. The topological polar surface area (TPSA) is 35.2 Å². The average molecular weight is 247 g/mol. The van der Waals surface area contributed by atoms with Crippen LogP contribution in [0.1, 0.15) is 24.5 Å². The van der Waals surface area contributed by atoms with Crippen molar-refractivity contribution in [2.75, 3.05) is 13.7 Å². The summed E-state index contributed by atoms with van der Waals surface area (Å²) in [6, 6.07) is 5.36. The molecule has 1 atom stereocenters. The van der Waals surface area contributed by atoms with Gasteiger partial charge in [0.1, 0.15) is 0 Å². The summed E-state index contributed by atoms with van der Waals surface area (Å²) >= 11 is 0. The van der Waals surface area contributed by atoms with Crippen LogP contribution in [0.15, 0.2) is 24.3 Å². The molecule has 17 heavy (non-hydrogen) atoms. The van der Waals surface area contributed by atoms with E-state index in [1.807, 2.05) is 0 Å². The second kappa shape index (κ2) is 5.06. The fourth-order valence-corrected chi connectivity index (χ4v) is 1.79. The first-order valence-electron chi connectivity index (χ1n) is 5.29. The molecule has 0 aliphatic rings. The monoisotopic (exact) mass is 247 g/mol. The molecule has 0 aliphatic heterocycles. The molecule has 1 rings (SSSR count). The molecular formula is C12H16F3NO. The van der Waals surface area contributed by atoms with Gasteiger partial charge in [-0.05, 0) is 18.1 Å². The second-order valence-corrected chi connectivity index (χ2v) is 3.99. The molecule has 0 bridgehead atoms. The molecule has 0 radical (unpaired) electrons. The highest BCUT2D eigenvalue weighted by Crippen LogP contribution is 2.36. The van der Waals surface area contributed by atoms with Gasteiger partial charge in [0.15, 0.2) is 0 Å². The third kappa shape index (κ3) is 2.98. The van der Waals surface area contributed by atoms with Gasteiger partial charge in [0.25, 0.3) is 0 Å². The molecule has 1 unspecified atom stereocenters. The van der Waals surface area contributed by atoms with E-state index in [9.17, 15) is 13.2 Å². The molecule has 1 aromatic rings. The van der Waals surface area contributed by atoms with Crippen molar-refractivity contribution in [2.45, 2.75) is 25.1 Å². The van der Waals surface area contributed by atoms with E-state index in [1.54, 1.807) is 13.0 Å². The first-order valence-corrected chi connectivity index (χ1v) is 5.29. The molecule has 0 saturated heterocycles. The molecule has 0 aromatic heterocycles. The lowest BCUT2D eigenvalue weighted by atomic mass is 9.85. The zero-order valence-corrected chi connectivity index (χ0v) is 9.84. The van der Waals surface area contributed by atoms with E-state index >= 15 is 0 Å². The lowest BCUT2D eigenvalue weighted by Gasteiger charge is -2.30. The smallest absolute Gasteiger partial charge is 0.382 e. The summed E-state index contributed by atoms with van der Waals surface area (Å²) in [5.74, 6) is 0. The van der Waals surface area contributed by atoms with Crippen molar-refractivity contribution < 1.29 is 17.9 Å². The van der Waals surface area contributed by atoms with Gasteiger partial charge in [0.2, 0.25) is 0 Å². The molecule has 0 spiro atoms. The molecule has 2 nitrogen and oxygen atoms in total. The highest BCUT2D eigenvalue weighted by Gasteiger charge is 2.38. The Labute approximate surface area is 98.6 Å².